The zero-order valence-corrected chi connectivity index (χ0v) is 15.6. The zero-order chi connectivity index (χ0) is 18.9. The number of hydrogen-bond acceptors (Lipinski definition) is 8. The molecule has 12 heteroatoms. The Morgan fingerprint density at radius 1 is 1.38 bits per heavy atom. The van der Waals surface area contributed by atoms with Gasteiger partial charge in [0, 0.05) is 12.1 Å². The van der Waals surface area contributed by atoms with Crippen LogP contribution in [-0.2, 0) is 26.1 Å². The van der Waals surface area contributed by atoms with Crippen LogP contribution in [0.2, 0.25) is 0 Å². The number of thiazole rings is 1. The monoisotopic (exact) mass is 413 g/mol. The van der Waals surface area contributed by atoms with Gasteiger partial charge in [0.1, 0.15) is 10.8 Å². The molecule has 0 spiro atoms. The number of nitrogens with zero attached hydrogens (tertiary/aromatic N) is 3. The Morgan fingerprint density at radius 3 is 2.77 bits per heavy atom. The Kier molecular flexibility index (Phi) is 4.89. The number of hydrogen-bond donors (Lipinski definition) is 0. The third-order valence-corrected chi connectivity index (χ3v) is 7.14. The number of sulfonamides is 1. The SMILES string of the molecule is COC(=O)Cn1c(=NS(=O)(=O)c2cccs2)sc2cc([N+](=O)[O-])ccc21. The van der Waals surface area contributed by atoms with Crippen LogP contribution < -0.4 is 4.80 Å². The zero-order valence-electron chi connectivity index (χ0n) is 13.2. The highest BCUT2D eigenvalue weighted by Gasteiger charge is 2.18. The third kappa shape index (κ3) is 3.52. The van der Waals surface area contributed by atoms with Crippen LogP contribution in [0.5, 0.6) is 0 Å². The summed E-state index contributed by atoms with van der Waals surface area (Å²) in [7, 11) is -2.75. The van der Waals surface area contributed by atoms with Gasteiger partial charge in [0.05, 0.1) is 22.2 Å². The molecule has 3 rings (SSSR count). The molecule has 0 aliphatic carbocycles. The van der Waals surface area contributed by atoms with Crippen molar-refractivity contribution in [1.29, 1.82) is 0 Å². The third-order valence-electron chi connectivity index (χ3n) is 3.34. The summed E-state index contributed by atoms with van der Waals surface area (Å²) in [6.07, 6.45) is 0. The molecule has 9 nitrogen and oxygen atoms in total. The van der Waals surface area contributed by atoms with Gasteiger partial charge in [-0.05, 0) is 17.5 Å². The van der Waals surface area contributed by atoms with Crippen molar-refractivity contribution in [3.05, 3.63) is 50.6 Å². The van der Waals surface area contributed by atoms with Crippen molar-refractivity contribution in [3.8, 4) is 0 Å². The first kappa shape index (κ1) is 18.2. The Labute approximate surface area is 155 Å². The van der Waals surface area contributed by atoms with E-state index in [0.29, 0.717) is 10.2 Å². The summed E-state index contributed by atoms with van der Waals surface area (Å²) in [4.78, 5) is 22.1. The molecule has 0 saturated heterocycles. The number of non-ortho nitro benzene ring substituents is 1. The number of fused-ring (bicyclic) bond motifs is 1. The lowest BCUT2D eigenvalue weighted by Crippen LogP contribution is -2.22. The molecule has 0 aliphatic rings. The second kappa shape index (κ2) is 6.97. The van der Waals surface area contributed by atoms with Crippen molar-refractivity contribution in [2.24, 2.45) is 4.40 Å². The molecule has 0 radical (unpaired) electrons. The molecule has 0 bridgehead atoms. The van der Waals surface area contributed by atoms with Crippen LogP contribution in [0, 0.1) is 10.1 Å². The number of aromatic nitrogens is 1. The van der Waals surface area contributed by atoms with Gasteiger partial charge in [-0.25, -0.2) is 0 Å². The van der Waals surface area contributed by atoms with Crippen LogP contribution in [0.15, 0.2) is 44.3 Å². The standard InChI is InChI=1S/C14H11N3O6S3/c1-23-12(18)8-16-10-5-4-9(17(19)20)7-11(10)25-14(16)15-26(21,22)13-3-2-6-24-13/h2-7H,8H2,1H3. The minimum absolute atomic E-state index is 0.0271. The minimum Gasteiger partial charge on any atom is -0.468 e. The van der Waals surface area contributed by atoms with E-state index in [9.17, 15) is 23.3 Å². The number of carbonyl (C=O) groups excluding carboxylic acids is 1. The maximum Gasteiger partial charge on any atom is 0.325 e. The average Bonchev–Trinajstić information content (AvgIpc) is 3.23. The second-order valence-electron chi connectivity index (χ2n) is 4.95. The highest BCUT2D eigenvalue weighted by molar-refractivity contribution is 7.92. The molecule has 136 valence electrons. The summed E-state index contributed by atoms with van der Waals surface area (Å²) in [5.41, 5.74) is 0.308. The molecule has 0 amide bonds. The van der Waals surface area contributed by atoms with E-state index in [-0.39, 0.29) is 21.2 Å². The number of methoxy groups -OCH3 is 1. The van der Waals surface area contributed by atoms with Crippen LogP contribution in [0.1, 0.15) is 0 Å². The van der Waals surface area contributed by atoms with Gasteiger partial charge < -0.3 is 9.30 Å². The van der Waals surface area contributed by atoms with Crippen LogP contribution >= 0.6 is 22.7 Å². The van der Waals surface area contributed by atoms with Gasteiger partial charge in [0.2, 0.25) is 4.80 Å². The van der Waals surface area contributed by atoms with E-state index in [2.05, 4.69) is 9.13 Å². The van der Waals surface area contributed by atoms with Crippen molar-refractivity contribution in [2.75, 3.05) is 7.11 Å². The van der Waals surface area contributed by atoms with E-state index < -0.39 is 20.9 Å². The van der Waals surface area contributed by atoms with Crippen molar-refractivity contribution in [2.45, 2.75) is 10.8 Å². The van der Waals surface area contributed by atoms with E-state index in [1.165, 1.54) is 35.9 Å². The number of benzene rings is 1. The number of ether oxygens (including phenoxy) is 1. The maximum absolute atomic E-state index is 12.4. The first-order valence-electron chi connectivity index (χ1n) is 7.01. The molecule has 0 saturated carbocycles. The summed E-state index contributed by atoms with van der Waals surface area (Å²) in [6, 6.07) is 7.05. The number of nitro groups is 1. The van der Waals surface area contributed by atoms with Gasteiger partial charge in [0.15, 0.2) is 0 Å². The predicted molar refractivity (Wildman–Crippen MR) is 95.6 cm³/mol. The topological polar surface area (TPSA) is 121 Å². The molecular weight excluding hydrogens is 402 g/mol. The molecule has 2 heterocycles. The number of esters is 1. The fraction of sp³-hybridized carbons (Fsp3) is 0.143. The van der Waals surface area contributed by atoms with E-state index in [0.717, 1.165) is 22.7 Å². The number of nitro benzene ring substituents is 1. The molecule has 0 aliphatic heterocycles. The summed E-state index contributed by atoms with van der Waals surface area (Å²) in [6.45, 7) is -0.271. The summed E-state index contributed by atoms with van der Waals surface area (Å²) in [5, 5.41) is 12.6. The van der Waals surface area contributed by atoms with E-state index in [4.69, 9.17) is 0 Å². The summed E-state index contributed by atoms with van der Waals surface area (Å²) in [5.74, 6) is -0.599. The fourth-order valence-corrected chi connectivity index (χ4v) is 5.38. The molecular formula is C14H11N3O6S3. The van der Waals surface area contributed by atoms with Gasteiger partial charge in [-0.15, -0.1) is 15.7 Å². The van der Waals surface area contributed by atoms with Gasteiger partial charge in [-0.3, -0.25) is 14.9 Å². The Bertz CT molecular complexity index is 1160. The second-order valence-corrected chi connectivity index (χ2v) is 8.74. The molecule has 3 aromatic rings. The van der Waals surface area contributed by atoms with E-state index in [1.807, 2.05) is 0 Å². The fourth-order valence-electron chi connectivity index (χ4n) is 2.15. The van der Waals surface area contributed by atoms with Gasteiger partial charge in [0.25, 0.3) is 15.7 Å². The molecule has 2 aromatic heterocycles. The quantitative estimate of drug-likeness (QED) is 0.359. The number of thiophene rings is 1. The predicted octanol–water partition coefficient (Wildman–Crippen LogP) is 2.14. The Morgan fingerprint density at radius 2 is 2.15 bits per heavy atom. The number of carbonyl (C=O) groups is 1. The highest BCUT2D eigenvalue weighted by Crippen LogP contribution is 2.24. The maximum atomic E-state index is 12.4. The normalized spacial score (nSPS) is 12.4. The Hall–Kier alpha value is -2.57. The molecule has 0 atom stereocenters. The van der Waals surface area contributed by atoms with E-state index >= 15 is 0 Å². The van der Waals surface area contributed by atoms with E-state index in [1.54, 1.807) is 11.4 Å². The molecule has 0 unspecified atom stereocenters. The first-order chi connectivity index (χ1) is 12.3. The van der Waals surface area contributed by atoms with Gasteiger partial charge in [-0.1, -0.05) is 17.4 Å². The van der Waals surface area contributed by atoms with Gasteiger partial charge >= 0.3 is 5.97 Å². The van der Waals surface area contributed by atoms with Crippen molar-refractivity contribution >= 4 is 54.6 Å². The number of rotatable bonds is 5. The van der Waals surface area contributed by atoms with Crippen LogP contribution in [0.4, 0.5) is 5.69 Å². The summed E-state index contributed by atoms with van der Waals surface area (Å²) < 4.78 is 35.2. The van der Waals surface area contributed by atoms with Gasteiger partial charge in [-0.2, -0.15) is 8.42 Å². The molecule has 0 N–H and O–H groups in total. The van der Waals surface area contributed by atoms with Crippen molar-refractivity contribution in [1.82, 2.24) is 4.57 Å². The van der Waals surface area contributed by atoms with Crippen molar-refractivity contribution in [3.63, 3.8) is 0 Å². The van der Waals surface area contributed by atoms with Crippen LogP contribution in [0.25, 0.3) is 10.2 Å². The van der Waals surface area contributed by atoms with Crippen molar-refractivity contribution < 1.29 is 22.9 Å². The first-order valence-corrected chi connectivity index (χ1v) is 10.1. The minimum atomic E-state index is -3.96. The lowest BCUT2D eigenvalue weighted by molar-refractivity contribution is -0.384. The summed E-state index contributed by atoms with van der Waals surface area (Å²) >= 11 is 1.96. The molecule has 1 aromatic carbocycles. The van der Waals surface area contributed by atoms with Crippen LogP contribution in [-0.4, -0.2) is 31.0 Å². The Balaban J connectivity index is 2.25. The highest BCUT2D eigenvalue weighted by atomic mass is 32.2. The lowest BCUT2D eigenvalue weighted by atomic mass is 10.3. The van der Waals surface area contributed by atoms with Crippen LogP contribution in [0.3, 0.4) is 0 Å². The molecule has 0 fully saturated rings. The smallest absolute Gasteiger partial charge is 0.325 e. The lowest BCUT2D eigenvalue weighted by Gasteiger charge is -2.03. The average molecular weight is 413 g/mol. The largest absolute Gasteiger partial charge is 0.468 e. The molecule has 26 heavy (non-hydrogen) atoms.